The zero-order valence-corrected chi connectivity index (χ0v) is 20.2. The SMILES string of the molecule is Cc1cccc(OCc2nc3ccccc3n2CCCCOc2cc(C)ccc2C(C)C)c1. The van der Waals surface area contributed by atoms with Gasteiger partial charge in [0.25, 0.3) is 0 Å². The molecular weight excluding hydrogens is 408 g/mol. The summed E-state index contributed by atoms with van der Waals surface area (Å²) in [5, 5.41) is 0. The number of benzene rings is 3. The number of rotatable bonds is 10. The van der Waals surface area contributed by atoms with Crippen LogP contribution in [0, 0.1) is 13.8 Å². The molecular formula is C29H34N2O2. The second-order valence-corrected chi connectivity index (χ2v) is 9.03. The van der Waals surface area contributed by atoms with E-state index in [1.54, 1.807) is 0 Å². The summed E-state index contributed by atoms with van der Waals surface area (Å²) in [7, 11) is 0. The standard InChI is InChI=1S/C29H34N2O2/c1-21(2)25-15-14-23(4)19-28(25)32-17-8-7-16-31-27-13-6-5-12-26(27)30-29(31)20-33-24-11-9-10-22(3)18-24/h5-6,9-15,18-19,21H,7-8,16-17,20H2,1-4H3. The minimum atomic E-state index is 0.453. The summed E-state index contributed by atoms with van der Waals surface area (Å²) in [5.74, 6) is 3.31. The Hall–Kier alpha value is -3.27. The molecule has 4 rings (SSSR count). The Labute approximate surface area is 197 Å². The number of fused-ring (bicyclic) bond motifs is 1. The molecule has 1 aromatic heterocycles. The highest BCUT2D eigenvalue weighted by molar-refractivity contribution is 5.75. The van der Waals surface area contributed by atoms with Gasteiger partial charge in [-0.05, 0) is 79.6 Å². The predicted molar refractivity (Wildman–Crippen MR) is 135 cm³/mol. The fourth-order valence-electron chi connectivity index (χ4n) is 4.14. The number of para-hydroxylation sites is 2. The lowest BCUT2D eigenvalue weighted by molar-refractivity contribution is 0.284. The van der Waals surface area contributed by atoms with Crippen LogP contribution in [0.25, 0.3) is 11.0 Å². The number of imidazole rings is 1. The molecule has 0 aliphatic carbocycles. The van der Waals surface area contributed by atoms with E-state index in [1.807, 2.05) is 18.2 Å². The van der Waals surface area contributed by atoms with Gasteiger partial charge in [0, 0.05) is 6.54 Å². The van der Waals surface area contributed by atoms with E-state index < -0.39 is 0 Å². The van der Waals surface area contributed by atoms with Gasteiger partial charge in [0.05, 0.1) is 17.6 Å². The van der Waals surface area contributed by atoms with Crippen LogP contribution in [0.1, 0.15) is 55.1 Å². The molecule has 0 radical (unpaired) electrons. The number of hydrogen-bond acceptors (Lipinski definition) is 3. The van der Waals surface area contributed by atoms with Gasteiger partial charge in [0.2, 0.25) is 0 Å². The smallest absolute Gasteiger partial charge is 0.147 e. The maximum atomic E-state index is 6.18. The van der Waals surface area contributed by atoms with Crippen LogP contribution in [-0.4, -0.2) is 16.2 Å². The van der Waals surface area contributed by atoms with Crippen LogP contribution in [0.5, 0.6) is 11.5 Å². The third kappa shape index (κ3) is 5.75. The van der Waals surface area contributed by atoms with E-state index in [4.69, 9.17) is 14.5 Å². The molecule has 0 fully saturated rings. The summed E-state index contributed by atoms with van der Waals surface area (Å²) in [6.45, 7) is 10.7. The monoisotopic (exact) mass is 442 g/mol. The van der Waals surface area contributed by atoms with E-state index in [0.717, 1.165) is 47.7 Å². The number of unbranched alkanes of at least 4 members (excludes halogenated alkanes) is 1. The summed E-state index contributed by atoms with van der Waals surface area (Å²) in [6.07, 6.45) is 2.00. The molecule has 0 amide bonds. The van der Waals surface area contributed by atoms with Crippen molar-refractivity contribution in [1.82, 2.24) is 9.55 Å². The number of aromatic nitrogens is 2. The number of hydrogen-bond donors (Lipinski definition) is 0. The maximum Gasteiger partial charge on any atom is 0.147 e. The Morgan fingerprint density at radius 3 is 2.48 bits per heavy atom. The third-order valence-electron chi connectivity index (χ3n) is 5.92. The molecule has 1 heterocycles. The Kier molecular flexibility index (Phi) is 7.33. The highest BCUT2D eigenvalue weighted by Gasteiger charge is 2.12. The van der Waals surface area contributed by atoms with Crippen LogP contribution in [0.2, 0.25) is 0 Å². The lowest BCUT2D eigenvalue weighted by atomic mass is 10.0. The van der Waals surface area contributed by atoms with Crippen molar-refractivity contribution in [3.63, 3.8) is 0 Å². The zero-order valence-electron chi connectivity index (χ0n) is 20.2. The molecule has 0 aliphatic heterocycles. The normalized spacial score (nSPS) is 11.3. The first kappa shape index (κ1) is 22.9. The van der Waals surface area contributed by atoms with E-state index in [1.165, 1.54) is 16.7 Å². The van der Waals surface area contributed by atoms with Crippen LogP contribution in [0.4, 0.5) is 0 Å². The largest absolute Gasteiger partial charge is 0.493 e. The molecule has 4 aromatic rings. The minimum Gasteiger partial charge on any atom is -0.493 e. The fraction of sp³-hybridized carbons (Fsp3) is 0.345. The van der Waals surface area contributed by atoms with Gasteiger partial charge in [-0.3, -0.25) is 0 Å². The summed E-state index contributed by atoms with van der Waals surface area (Å²) in [6, 6.07) is 23.0. The average molecular weight is 443 g/mol. The fourth-order valence-corrected chi connectivity index (χ4v) is 4.14. The van der Waals surface area contributed by atoms with Crippen molar-refractivity contribution in [2.45, 2.75) is 59.6 Å². The maximum absolute atomic E-state index is 6.18. The Balaban J connectivity index is 1.39. The lowest BCUT2D eigenvalue weighted by Gasteiger charge is -2.15. The van der Waals surface area contributed by atoms with Gasteiger partial charge in [-0.1, -0.05) is 50.2 Å². The van der Waals surface area contributed by atoms with E-state index >= 15 is 0 Å². The topological polar surface area (TPSA) is 36.3 Å². The number of ether oxygens (including phenoxy) is 2. The van der Waals surface area contributed by atoms with Gasteiger partial charge < -0.3 is 14.0 Å². The predicted octanol–water partition coefficient (Wildman–Crippen LogP) is 7.21. The number of aryl methyl sites for hydroxylation is 3. The average Bonchev–Trinajstić information content (AvgIpc) is 3.15. The second-order valence-electron chi connectivity index (χ2n) is 9.03. The van der Waals surface area contributed by atoms with Crippen molar-refractivity contribution in [1.29, 1.82) is 0 Å². The van der Waals surface area contributed by atoms with Crippen molar-refractivity contribution in [2.24, 2.45) is 0 Å². The first-order valence-electron chi connectivity index (χ1n) is 11.9. The van der Waals surface area contributed by atoms with E-state index in [9.17, 15) is 0 Å². The van der Waals surface area contributed by atoms with Gasteiger partial charge in [-0.25, -0.2) is 4.98 Å². The Bertz CT molecular complexity index is 1210. The van der Waals surface area contributed by atoms with Crippen LogP contribution < -0.4 is 9.47 Å². The molecule has 3 aromatic carbocycles. The second kappa shape index (κ2) is 10.6. The molecule has 0 N–H and O–H groups in total. The van der Waals surface area contributed by atoms with Crippen LogP contribution in [-0.2, 0) is 13.2 Å². The van der Waals surface area contributed by atoms with E-state index in [-0.39, 0.29) is 0 Å². The van der Waals surface area contributed by atoms with Gasteiger partial charge in [-0.15, -0.1) is 0 Å². The van der Waals surface area contributed by atoms with Gasteiger partial charge in [0.1, 0.15) is 23.9 Å². The first-order chi connectivity index (χ1) is 16.0. The third-order valence-corrected chi connectivity index (χ3v) is 5.92. The Morgan fingerprint density at radius 1 is 0.848 bits per heavy atom. The lowest BCUT2D eigenvalue weighted by Crippen LogP contribution is -2.09. The highest BCUT2D eigenvalue weighted by Crippen LogP contribution is 2.28. The Morgan fingerprint density at radius 2 is 1.67 bits per heavy atom. The van der Waals surface area contributed by atoms with Crippen LogP contribution in [0.15, 0.2) is 66.7 Å². The summed E-state index contributed by atoms with van der Waals surface area (Å²) in [5.41, 5.74) is 5.87. The molecule has 0 saturated heterocycles. The molecule has 4 heteroatoms. The molecule has 0 atom stereocenters. The van der Waals surface area contributed by atoms with E-state index in [2.05, 4.69) is 80.8 Å². The first-order valence-corrected chi connectivity index (χ1v) is 11.9. The van der Waals surface area contributed by atoms with Crippen molar-refractivity contribution in [2.75, 3.05) is 6.61 Å². The molecule has 0 saturated carbocycles. The van der Waals surface area contributed by atoms with Crippen molar-refractivity contribution < 1.29 is 9.47 Å². The summed E-state index contributed by atoms with van der Waals surface area (Å²) < 4.78 is 14.5. The van der Waals surface area contributed by atoms with Crippen molar-refractivity contribution in [3.05, 3.63) is 89.2 Å². The molecule has 0 spiro atoms. The quantitative estimate of drug-likeness (QED) is 0.243. The number of nitrogens with zero attached hydrogens (tertiary/aromatic N) is 2. The molecule has 0 aliphatic rings. The molecule has 172 valence electrons. The molecule has 0 unspecified atom stereocenters. The highest BCUT2D eigenvalue weighted by atomic mass is 16.5. The van der Waals surface area contributed by atoms with Gasteiger partial charge in [0.15, 0.2) is 0 Å². The molecule has 4 nitrogen and oxygen atoms in total. The molecule has 33 heavy (non-hydrogen) atoms. The minimum absolute atomic E-state index is 0.453. The van der Waals surface area contributed by atoms with Gasteiger partial charge in [-0.2, -0.15) is 0 Å². The van der Waals surface area contributed by atoms with E-state index in [0.29, 0.717) is 19.1 Å². The van der Waals surface area contributed by atoms with Gasteiger partial charge >= 0.3 is 0 Å². The van der Waals surface area contributed by atoms with Crippen molar-refractivity contribution in [3.8, 4) is 11.5 Å². The molecule has 0 bridgehead atoms. The zero-order chi connectivity index (χ0) is 23.2. The summed E-state index contributed by atoms with van der Waals surface area (Å²) in [4.78, 5) is 4.84. The van der Waals surface area contributed by atoms with Crippen LogP contribution in [0.3, 0.4) is 0 Å². The van der Waals surface area contributed by atoms with Crippen molar-refractivity contribution >= 4 is 11.0 Å². The summed E-state index contributed by atoms with van der Waals surface area (Å²) >= 11 is 0. The van der Waals surface area contributed by atoms with Crippen LogP contribution >= 0.6 is 0 Å².